The summed E-state index contributed by atoms with van der Waals surface area (Å²) in [5.41, 5.74) is 2.92. The predicted octanol–water partition coefficient (Wildman–Crippen LogP) is 5.83. The van der Waals surface area contributed by atoms with Gasteiger partial charge in [0.15, 0.2) is 0 Å². The number of benzene rings is 1. The quantitative estimate of drug-likeness (QED) is 0.484. The number of carbonyl (C=O) groups excluding carboxylic acids is 1. The van der Waals surface area contributed by atoms with Crippen molar-refractivity contribution >= 4 is 5.91 Å². The highest BCUT2D eigenvalue weighted by Gasteiger charge is 2.25. The lowest BCUT2D eigenvalue weighted by atomic mass is 9.90. The van der Waals surface area contributed by atoms with E-state index in [4.69, 9.17) is 0 Å². The number of allylic oxidation sites excluding steroid dienone is 1. The van der Waals surface area contributed by atoms with Crippen molar-refractivity contribution in [2.75, 3.05) is 6.54 Å². The fourth-order valence-electron chi connectivity index (χ4n) is 3.22. The molecular formula is C24H37FN2O. The molecule has 0 fully saturated rings. The minimum Gasteiger partial charge on any atom is -0.378 e. The molecule has 1 amide bonds. The maximum atomic E-state index is 13.3. The highest BCUT2D eigenvalue weighted by molar-refractivity contribution is 5.82. The molecule has 0 bridgehead atoms. The molecule has 0 aliphatic rings. The average molecular weight is 389 g/mol. The van der Waals surface area contributed by atoms with Crippen LogP contribution in [0, 0.1) is 11.2 Å². The summed E-state index contributed by atoms with van der Waals surface area (Å²) >= 11 is 0. The van der Waals surface area contributed by atoms with Gasteiger partial charge >= 0.3 is 0 Å². The van der Waals surface area contributed by atoms with Gasteiger partial charge in [0.25, 0.3) is 0 Å². The van der Waals surface area contributed by atoms with Gasteiger partial charge < -0.3 is 10.2 Å². The lowest BCUT2D eigenvalue weighted by molar-refractivity contribution is -0.133. The van der Waals surface area contributed by atoms with Crippen molar-refractivity contribution in [3.63, 3.8) is 0 Å². The van der Waals surface area contributed by atoms with Gasteiger partial charge in [0.2, 0.25) is 5.91 Å². The molecule has 3 nitrogen and oxygen atoms in total. The first-order chi connectivity index (χ1) is 13.1. The lowest BCUT2D eigenvalue weighted by Gasteiger charge is -2.30. The summed E-state index contributed by atoms with van der Waals surface area (Å²) in [5, 5.41) is 3.33. The summed E-state index contributed by atoms with van der Waals surface area (Å²) in [6, 6.07) is 5.99. The van der Waals surface area contributed by atoms with Crippen LogP contribution in [0.2, 0.25) is 0 Å². The second-order valence-electron chi connectivity index (χ2n) is 8.77. The minimum absolute atomic E-state index is 0.0270. The highest BCUT2D eigenvalue weighted by Crippen LogP contribution is 2.22. The Morgan fingerprint density at radius 2 is 1.79 bits per heavy atom. The molecule has 1 atom stereocenters. The number of hydrogen-bond donors (Lipinski definition) is 1. The van der Waals surface area contributed by atoms with Crippen LogP contribution in [0.5, 0.6) is 0 Å². The normalized spacial score (nSPS) is 12.4. The van der Waals surface area contributed by atoms with E-state index in [0.29, 0.717) is 19.5 Å². The fraction of sp³-hybridized carbons (Fsp3) is 0.542. The molecular weight excluding hydrogens is 351 g/mol. The summed E-state index contributed by atoms with van der Waals surface area (Å²) in [4.78, 5) is 15.1. The number of halogens is 1. The molecule has 4 heteroatoms. The monoisotopic (exact) mass is 388 g/mol. The van der Waals surface area contributed by atoms with Crippen LogP contribution in [0.15, 0.2) is 48.7 Å². The Kier molecular flexibility index (Phi) is 9.44. The van der Waals surface area contributed by atoms with Gasteiger partial charge in [0, 0.05) is 18.8 Å². The van der Waals surface area contributed by atoms with Crippen LogP contribution in [-0.4, -0.2) is 23.4 Å². The van der Waals surface area contributed by atoms with Crippen LogP contribution in [0.25, 0.3) is 0 Å². The number of carbonyl (C=O) groups is 1. The zero-order chi connectivity index (χ0) is 21.3. The molecule has 1 aromatic carbocycles. The molecule has 0 unspecified atom stereocenters. The van der Waals surface area contributed by atoms with Gasteiger partial charge in [-0.3, -0.25) is 4.79 Å². The van der Waals surface area contributed by atoms with E-state index >= 15 is 0 Å². The lowest BCUT2D eigenvalue weighted by Crippen LogP contribution is -2.46. The van der Waals surface area contributed by atoms with Gasteiger partial charge in [-0.05, 0) is 42.4 Å². The summed E-state index contributed by atoms with van der Waals surface area (Å²) in [7, 11) is 0. The predicted molar refractivity (Wildman–Crippen MR) is 116 cm³/mol. The van der Waals surface area contributed by atoms with Crippen molar-refractivity contribution in [2.45, 2.75) is 72.9 Å². The molecule has 0 spiro atoms. The van der Waals surface area contributed by atoms with E-state index in [2.05, 4.69) is 46.2 Å². The number of hydrogen-bond acceptors (Lipinski definition) is 2. The van der Waals surface area contributed by atoms with E-state index in [1.165, 1.54) is 12.1 Å². The molecule has 28 heavy (non-hydrogen) atoms. The highest BCUT2D eigenvalue weighted by atomic mass is 19.1. The summed E-state index contributed by atoms with van der Waals surface area (Å²) < 4.78 is 13.2. The maximum absolute atomic E-state index is 13.3. The first-order valence-electron chi connectivity index (χ1n) is 10.2. The van der Waals surface area contributed by atoms with Gasteiger partial charge in [-0.25, -0.2) is 4.39 Å². The molecule has 0 saturated heterocycles. The Balaban J connectivity index is 2.94. The smallest absolute Gasteiger partial charge is 0.245 e. The van der Waals surface area contributed by atoms with Crippen molar-refractivity contribution in [3.05, 3.63) is 60.1 Å². The van der Waals surface area contributed by atoms with Crippen molar-refractivity contribution in [1.29, 1.82) is 0 Å². The largest absolute Gasteiger partial charge is 0.378 e. The Hall–Kier alpha value is -2.10. The van der Waals surface area contributed by atoms with Crippen LogP contribution >= 0.6 is 0 Å². The molecule has 0 radical (unpaired) electrons. The Labute approximate surface area is 170 Å². The molecule has 1 aromatic rings. The standard InChI is InChI=1S/C24H37FN2O/c1-8-10-18(3)16-27(17-20-11-13-21(25)14-12-20)23(28)22(9-2)26-19(4)15-24(5,6)7/h11-14,22,26H,3-4,8-10,15-17H2,1-2,5-7H3/t22-/m1/s1. The topological polar surface area (TPSA) is 32.3 Å². The Morgan fingerprint density at radius 3 is 2.29 bits per heavy atom. The second-order valence-corrected chi connectivity index (χ2v) is 8.77. The molecule has 0 aromatic heterocycles. The molecule has 0 aliphatic heterocycles. The zero-order valence-corrected chi connectivity index (χ0v) is 18.3. The van der Waals surface area contributed by atoms with Crippen LogP contribution in [-0.2, 0) is 11.3 Å². The van der Waals surface area contributed by atoms with Crippen LogP contribution in [0.1, 0.15) is 65.9 Å². The van der Waals surface area contributed by atoms with E-state index in [1.54, 1.807) is 12.1 Å². The second kappa shape index (κ2) is 11.0. The first-order valence-corrected chi connectivity index (χ1v) is 10.2. The summed E-state index contributed by atoms with van der Waals surface area (Å²) in [5.74, 6) is -0.247. The third-order valence-corrected chi connectivity index (χ3v) is 4.44. The van der Waals surface area contributed by atoms with E-state index in [9.17, 15) is 9.18 Å². The van der Waals surface area contributed by atoms with Crippen molar-refractivity contribution in [3.8, 4) is 0 Å². The Morgan fingerprint density at radius 1 is 1.18 bits per heavy atom. The number of rotatable bonds is 11. The number of nitrogens with one attached hydrogen (secondary N) is 1. The maximum Gasteiger partial charge on any atom is 0.245 e. The summed E-state index contributed by atoms with van der Waals surface area (Å²) in [6.07, 6.45) is 3.35. The third-order valence-electron chi connectivity index (χ3n) is 4.44. The number of nitrogens with zero attached hydrogens (tertiary/aromatic N) is 1. The van der Waals surface area contributed by atoms with E-state index in [-0.39, 0.29) is 23.2 Å². The van der Waals surface area contributed by atoms with Crippen LogP contribution in [0.4, 0.5) is 4.39 Å². The molecule has 0 aliphatic carbocycles. The molecule has 0 heterocycles. The SMILES string of the molecule is C=C(CCC)CN(Cc1ccc(F)cc1)C(=O)[C@@H](CC)NC(=C)CC(C)(C)C. The average Bonchev–Trinajstić information content (AvgIpc) is 2.59. The first kappa shape index (κ1) is 23.9. The van der Waals surface area contributed by atoms with E-state index < -0.39 is 0 Å². The van der Waals surface area contributed by atoms with Gasteiger partial charge in [-0.2, -0.15) is 0 Å². The molecule has 156 valence electrons. The van der Waals surface area contributed by atoms with Crippen molar-refractivity contribution < 1.29 is 9.18 Å². The third kappa shape index (κ3) is 8.73. The Bertz CT molecular complexity index is 658. The minimum atomic E-state index is -0.329. The zero-order valence-electron chi connectivity index (χ0n) is 18.3. The van der Waals surface area contributed by atoms with Crippen LogP contribution in [0.3, 0.4) is 0 Å². The van der Waals surface area contributed by atoms with Crippen LogP contribution < -0.4 is 5.32 Å². The van der Waals surface area contributed by atoms with Gasteiger partial charge in [-0.1, -0.05) is 71.9 Å². The van der Waals surface area contributed by atoms with Crippen molar-refractivity contribution in [1.82, 2.24) is 10.2 Å². The van der Waals surface area contributed by atoms with Crippen molar-refractivity contribution in [2.24, 2.45) is 5.41 Å². The van der Waals surface area contributed by atoms with Gasteiger partial charge in [0.05, 0.1) is 0 Å². The molecule has 1 rings (SSSR count). The van der Waals surface area contributed by atoms with Gasteiger partial charge in [-0.15, -0.1) is 0 Å². The summed E-state index contributed by atoms with van der Waals surface area (Å²) in [6.45, 7) is 19.7. The fourth-order valence-corrected chi connectivity index (χ4v) is 3.22. The van der Waals surface area contributed by atoms with Gasteiger partial charge in [0.1, 0.15) is 11.9 Å². The molecule has 0 saturated carbocycles. The molecule has 1 N–H and O–H groups in total. The van der Waals surface area contributed by atoms with E-state index in [1.807, 2.05) is 11.8 Å². The van der Waals surface area contributed by atoms with E-state index in [0.717, 1.165) is 36.1 Å². The number of amides is 1.